The molecule has 9 rings (SSSR count). The molecule has 0 atom stereocenters. The van der Waals surface area contributed by atoms with Crippen molar-refractivity contribution >= 4 is 86.8 Å². The monoisotopic (exact) mass is 1150 g/mol. The third-order valence-electron chi connectivity index (χ3n) is 13.3. The van der Waals surface area contributed by atoms with Gasteiger partial charge in [0, 0.05) is 44.3 Å². The van der Waals surface area contributed by atoms with Crippen molar-refractivity contribution in [1.82, 2.24) is 19.9 Å². The van der Waals surface area contributed by atoms with Crippen molar-refractivity contribution in [2.24, 2.45) is 0 Å². The average molecular weight is 1150 g/mol. The Morgan fingerprint density at radius 3 is 0.676 bits per heavy atom. The Morgan fingerprint density at radius 1 is 0.311 bits per heavy atom. The number of aromatic nitrogens is 4. The second kappa shape index (κ2) is 19.7. The molecule has 7 aromatic rings. The van der Waals surface area contributed by atoms with Gasteiger partial charge < -0.3 is 28.2 Å². The Balaban J connectivity index is 0.00000400. The van der Waals surface area contributed by atoms with Crippen molar-refractivity contribution in [3.63, 3.8) is 0 Å². The summed E-state index contributed by atoms with van der Waals surface area (Å²) in [6, 6.07) is 17.7. The van der Waals surface area contributed by atoms with Gasteiger partial charge in [-0.15, -0.1) is 0 Å². The van der Waals surface area contributed by atoms with E-state index in [1.54, 1.807) is 76.3 Å². The smallest absolute Gasteiger partial charge is 0.744 e. The minimum Gasteiger partial charge on any atom is -0.744 e. The molecule has 5 heterocycles. The Bertz CT molecular complexity index is 3780. The van der Waals surface area contributed by atoms with Crippen LogP contribution in [0.15, 0.2) is 92.4 Å². The van der Waals surface area contributed by atoms with Crippen LogP contribution in [-0.2, 0) is 74.6 Å². The van der Waals surface area contributed by atoms with Crippen LogP contribution in [0.3, 0.4) is 0 Å². The second-order valence-corrected chi connectivity index (χ2v) is 23.2. The Labute approximate surface area is 449 Å². The number of fused-ring (bicyclic) bond motifs is 8. The minimum absolute atomic E-state index is 0. The van der Waals surface area contributed by atoms with Crippen LogP contribution in [0.5, 0.6) is 0 Å². The van der Waals surface area contributed by atoms with Gasteiger partial charge in [-0.05, 0) is 195 Å². The number of H-pyrrole nitrogens is 2. The van der Waals surface area contributed by atoms with Gasteiger partial charge >= 0.3 is 34.1 Å². The summed E-state index contributed by atoms with van der Waals surface area (Å²) in [5.74, 6) is 0. The first-order valence-corrected chi connectivity index (χ1v) is 27.6. The molecule has 16 nitrogen and oxygen atoms in total. The fourth-order valence-electron chi connectivity index (χ4n) is 10.2. The number of aromatic amines is 2. The molecule has 0 aliphatic carbocycles. The summed E-state index contributed by atoms with van der Waals surface area (Å²) in [6.07, 6.45) is 6.64. The van der Waals surface area contributed by atoms with E-state index in [0.717, 1.165) is 0 Å². The van der Waals surface area contributed by atoms with Crippen molar-refractivity contribution < 1.29 is 86.0 Å². The minimum atomic E-state index is -5.02. The maximum atomic E-state index is 12.8. The number of hydrogen-bond donors (Lipinski definition) is 2. The van der Waals surface area contributed by atoms with Gasteiger partial charge in [-0.3, -0.25) is 0 Å². The topological polar surface area (TPSA) is 286 Å². The zero-order valence-electron chi connectivity index (χ0n) is 40.4. The predicted molar refractivity (Wildman–Crippen MR) is 270 cm³/mol. The van der Waals surface area contributed by atoms with E-state index in [1.807, 2.05) is 0 Å². The van der Waals surface area contributed by atoms with Gasteiger partial charge in [-0.1, -0.05) is 24.3 Å². The Hall–Kier alpha value is -5.84. The summed E-state index contributed by atoms with van der Waals surface area (Å²) in [4.78, 5) is 15.3. The van der Waals surface area contributed by atoms with Crippen LogP contribution in [0.25, 0.3) is 90.9 Å². The van der Waals surface area contributed by atoms with Crippen molar-refractivity contribution in [1.29, 1.82) is 0 Å². The molecule has 0 fully saturated rings. The van der Waals surface area contributed by atoms with E-state index in [0.29, 0.717) is 88.8 Å². The van der Waals surface area contributed by atoms with E-state index in [4.69, 9.17) is 9.97 Å². The number of rotatable bonds is 8. The van der Waals surface area contributed by atoms with E-state index in [2.05, 4.69) is 9.97 Å². The van der Waals surface area contributed by atoms with Gasteiger partial charge in [0.25, 0.3) is 0 Å². The van der Waals surface area contributed by atoms with Gasteiger partial charge in [0.05, 0.1) is 42.4 Å². The third kappa shape index (κ3) is 9.70. The van der Waals surface area contributed by atoms with Crippen molar-refractivity contribution in [3.05, 3.63) is 140 Å². The molecule has 2 aliphatic rings. The number of hydrogen-bond acceptors (Lipinski definition) is 14. The molecule has 22 heteroatoms. The number of aryl methyl sites for hydroxylation is 4. The molecular formula is C52H42Mn2N4O12S4. The third-order valence-corrected chi connectivity index (χ3v) is 17.2. The molecule has 0 spiro atoms. The molecule has 74 heavy (non-hydrogen) atoms. The number of nitrogens with one attached hydrogen (secondary N) is 2. The fourth-order valence-corrected chi connectivity index (χ4v) is 13.0. The zero-order valence-corrected chi connectivity index (χ0v) is 46.0. The molecule has 380 valence electrons. The first-order chi connectivity index (χ1) is 33.6. The largest absolute Gasteiger partial charge is 2.00 e. The average Bonchev–Trinajstić information content (AvgIpc) is 4.11. The van der Waals surface area contributed by atoms with Gasteiger partial charge in [0.15, 0.2) is 0 Å². The molecule has 0 unspecified atom stereocenters. The SMILES string of the molecule is Cc1ccc(S(=O)(=O)[O-])c(C)c1-c1c2nc(c(-c3c(C)ccc(S(=O)(=O)[O-])c3C)c3ccc([nH]3)c(-c3c(C)ccc(S(=O)(=O)[O-])c3C)c3nc(c(-c4c(C)ccc(S(=O)(=O)[O-])c4C)c4ccc1[nH]4)C=C3)C=C2.[Mn+2].[Mn+2]. The molecule has 3 aromatic heterocycles. The summed E-state index contributed by atoms with van der Waals surface area (Å²) in [7, 11) is -20.1. The molecule has 0 saturated carbocycles. The standard InChI is InChI=1S/C52H46N4O12S4.2Mn/c1-25-9-21-41(69(57,58)59)29(5)45(25)49-33-13-15-35(53-33)50(46-26(2)10-22-42(30(46)6)70(60,61)62)37-17-19-39(55-37)52(48-28(4)12-24-44(32(48)8)72(66,67)68)40-20-18-38(56-40)51(36-16-14-34(49)54-36)47-27(3)11-23-43(31(47)7)71(63,64)65;;/h9-24,53,56H,1-8H3,(H,57,58,59)(H,60,61,62)(H,63,64,65)(H,66,67,68);;/q;2*+2/p-4. The fraction of sp³-hybridized carbons (Fsp3) is 0.154. The molecule has 2 aliphatic heterocycles. The number of benzene rings is 4. The molecule has 2 N–H and O–H groups in total. The van der Waals surface area contributed by atoms with Crippen molar-refractivity contribution in [2.45, 2.75) is 75.0 Å². The maximum Gasteiger partial charge on any atom is 2.00 e. The normalized spacial score (nSPS) is 12.7. The van der Waals surface area contributed by atoms with Crippen LogP contribution in [0, 0.1) is 55.4 Å². The summed E-state index contributed by atoms with van der Waals surface area (Å²) < 4.78 is 153. The maximum absolute atomic E-state index is 12.8. The Kier molecular flexibility index (Phi) is 14.9. The van der Waals surface area contributed by atoms with Gasteiger partial charge in [0.1, 0.15) is 40.5 Å². The van der Waals surface area contributed by atoms with Crippen LogP contribution in [0.1, 0.15) is 67.3 Å². The van der Waals surface area contributed by atoms with E-state index >= 15 is 0 Å². The quantitative estimate of drug-likeness (QED) is 0.106. The van der Waals surface area contributed by atoms with Crippen molar-refractivity contribution in [3.8, 4) is 44.5 Å². The predicted octanol–water partition coefficient (Wildman–Crippen LogP) is 9.40. The van der Waals surface area contributed by atoms with E-state index < -0.39 is 60.1 Å². The van der Waals surface area contributed by atoms with Crippen LogP contribution in [0.2, 0.25) is 0 Å². The molecule has 0 saturated heterocycles. The first-order valence-electron chi connectivity index (χ1n) is 22.0. The number of nitrogens with zero attached hydrogens (tertiary/aromatic N) is 2. The molecule has 0 amide bonds. The van der Waals surface area contributed by atoms with Crippen LogP contribution >= 0.6 is 0 Å². The van der Waals surface area contributed by atoms with Crippen LogP contribution in [0.4, 0.5) is 0 Å². The van der Waals surface area contributed by atoms with Gasteiger partial charge in [-0.25, -0.2) is 43.6 Å². The molecular weight excluding hydrogens is 1110 g/mol. The van der Waals surface area contributed by atoms with Crippen molar-refractivity contribution in [2.75, 3.05) is 0 Å². The van der Waals surface area contributed by atoms with Gasteiger partial charge in [-0.2, -0.15) is 0 Å². The zero-order chi connectivity index (χ0) is 52.3. The Morgan fingerprint density at radius 2 is 0.500 bits per heavy atom. The first kappa shape index (κ1) is 55.9. The van der Waals surface area contributed by atoms with E-state index in [-0.39, 0.29) is 79.2 Å². The molecule has 4 aromatic carbocycles. The van der Waals surface area contributed by atoms with E-state index in [9.17, 15) is 51.9 Å². The second-order valence-electron chi connectivity index (χ2n) is 17.8. The van der Waals surface area contributed by atoms with E-state index in [1.165, 1.54) is 76.2 Å². The summed E-state index contributed by atoms with van der Waals surface area (Å²) in [5, 5.41) is 0. The molecule has 2 radical (unpaired) electrons. The van der Waals surface area contributed by atoms with Crippen LogP contribution < -0.4 is 0 Å². The summed E-state index contributed by atoms with van der Waals surface area (Å²) >= 11 is 0. The summed E-state index contributed by atoms with van der Waals surface area (Å²) in [5.41, 5.74) is 7.64. The van der Waals surface area contributed by atoms with Gasteiger partial charge in [0.2, 0.25) is 0 Å². The summed E-state index contributed by atoms with van der Waals surface area (Å²) in [6.45, 7) is 12.9. The molecule has 8 bridgehead atoms. The van der Waals surface area contributed by atoms with Crippen LogP contribution in [-0.4, -0.2) is 71.8 Å².